The monoisotopic (exact) mass is 420 g/mol. The van der Waals surface area contributed by atoms with Gasteiger partial charge in [-0.05, 0) is 43.2 Å². The molecular weight excluding hydrogens is 401 g/mol. The second-order valence-electron chi connectivity index (χ2n) is 7.41. The standard InChI is InChI=1S/C20H19F3N4O3/c1-25-8-3-6-15(25)17(28)24-13-7-9-26-16(11-13)18(29)27(19(26)30)14-5-2-4-12(10-14)20(21,22)23/h2-6,8,10,13,16H,7,9,11H2,1H3,(H,24,28)/t13-,16-/m0/s1. The summed E-state index contributed by atoms with van der Waals surface area (Å²) in [4.78, 5) is 40.2. The number of hydrogen-bond donors (Lipinski definition) is 1. The van der Waals surface area contributed by atoms with Gasteiger partial charge in [0.15, 0.2) is 0 Å². The number of imide groups is 1. The minimum absolute atomic E-state index is 0.112. The molecule has 0 bridgehead atoms. The lowest BCUT2D eigenvalue weighted by molar-refractivity contribution is -0.137. The summed E-state index contributed by atoms with van der Waals surface area (Å²) in [7, 11) is 1.74. The third-order valence-corrected chi connectivity index (χ3v) is 5.49. The molecule has 2 aliphatic rings. The molecule has 30 heavy (non-hydrogen) atoms. The highest BCUT2D eigenvalue weighted by molar-refractivity contribution is 6.21. The summed E-state index contributed by atoms with van der Waals surface area (Å²) in [6.07, 6.45) is -2.19. The Morgan fingerprint density at radius 1 is 1.17 bits per heavy atom. The number of nitrogens with one attached hydrogen (secondary N) is 1. The van der Waals surface area contributed by atoms with Crippen molar-refractivity contribution < 1.29 is 27.6 Å². The summed E-state index contributed by atoms with van der Waals surface area (Å²) in [5.74, 6) is -0.871. The SMILES string of the molecule is Cn1cccc1C(=O)N[C@H]1CCN2C(=O)N(c3cccc(C(F)(F)F)c3)C(=O)[C@@H]2C1. The molecule has 1 N–H and O–H groups in total. The number of urea groups is 1. The van der Waals surface area contributed by atoms with Gasteiger partial charge in [0.1, 0.15) is 11.7 Å². The highest BCUT2D eigenvalue weighted by Gasteiger charge is 2.49. The molecule has 2 fully saturated rings. The number of carbonyl (C=O) groups excluding carboxylic acids is 3. The van der Waals surface area contributed by atoms with E-state index in [-0.39, 0.29) is 30.6 Å². The molecule has 0 unspecified atom stereocenters. The first-order chi connectivity index (χ1) is 14.2. The van der Waals surface area contributed by atoms with Gasteiger partial charge in [0.25, 0.3) is 11.8 Å². The largest absolute Gasteiger partial charge is 0.416 e. The van der Waals surface area contributed by atoms with Crippen LogP contribution in [0, 0.1) is 0 Å². The molecule has 0 aliphatic carbocycles. The molecule has 3 heterocycles. The van der Waals surface area contributed by atoms with E-state index < -0.39 is 29.7 Å². The fourth-order valence-electron chi connectivity index (χ4n) is 3.95. The zero-order chi connectivity index (χ0) is 21.6. The topological polar surface area (TPSA) is 74.7 Å². The van der Waals surface area contributed by atoms with Crippen LogP contribution in [0.3, 0.4) is 0 Å². The first-order valence-corrected chi connectivity index (χ1v) is 9.41. The number of alkyl halides is 3. The number of aryl methyl sites for hydroxylation is 1. The fraction of sp³-hybridized carbons (Fsp3) is 0.350. The average molecular weight is 420 g/mol. The number of fused-ring (bicyclic) bond motifs is 1. The number of hydrogen-bond acceptors (Lipinski definition) is 3. The van der Waals surface area contributed by atoms with Crippen molar-refractivity contribution in [3.05, 3.63) is 53.9 Å². The predicted molar refractivity (Wildman–Crippen MR) is 101 cm³/mol. The quantitative estimate of drug-likeness (QED) is 0.776. The number of amides is 4. The van der Waals surface area contributed by atoms with Gasteiger partial charge in [0, 0.05) is 25.8 Å². The van der Waals surface area contributed by atoms with Gasteiger partial charge in [-0.2, -0.15) is 13.2 Å². The number of aromatic nitrogens is 1. The number of benzene rings is 1. The van der Waals surface area contributed by atoms with Crippen molar-refractivity contribution in [3.63, 3.8) is 0 Å². The van der Waals surface area contributed by atoms with Crippen molar-refractivity contribution in [2.45, 2.75) is 31.1 Å². The van der Waals surface area contributed by atoms with Gasteiger partial charge >= 0.3 is 12.2 Å². The molecule has 7 nitrogen and oxygen atoms in total. The average Bonchev–Trinajstić information content (AvgIpc) is 3.23. The third-order valence-electron chi connectivity index (χ3n) is 5.49. The van der Waals surface area contributed by atoms with E-state index in [9.17, 15) is 27.6 Å². The summed E-state index contributed by atoms with van der Waals surface area (Å²) in [6.45, 7) is 0.225. The molecule has 10 heteroatoms. The van der Waals surface area contributed by atoms with E-state index in [1.807, 2.05) is 0 Å². The van der Waals surface area contributed by atoms with E-state index in [0.29, 0.717) is 12.1 Å². The van der Waals surface area contributed by atoms with E-state index in [1.54, 1.807) is 29.9 Å². The Balaban J connectivity index is 1.51. The second-order valence-corrected chi connectivity index (χ2v) is 7.41. The van der Waals surface area contributed by atoms with E-state index in [2.05, 4.69) is 5.32 Å². The van der Waals surface area contributed by atoms with Gasteiger partial charge < -0.3 is 14.8 Å². The highest BCUT2D eigenvalue weighted by Crippen LogP contribution is 2.35. The Bertz CT molecular complexity index is 1020. The van der Waals surface area contributed by atoms with Gasteiger partial charge in [0.2, 0.25) is 0 Å². The normalized spacial score (nSPS) is 21.7. The predicted octanol–water partition coefficient (Wildman–Crippen LogP) is 2.77. The van der Waals surface area contributed by atoms with Crippen LogP contribution in [0.5, 0.6) is 0 Å². The number of halogens is 3. The first kappa shape index (κ1) is 20.0. The lowest BCUT2D eigenvalue weighted by Gasteiger charge is -2.32. The molecule has 2 aromatic rings. The van der Waals surface area contributed by atoms with Crippen LogP contribution in [0.2, 0.25) is 0 Å². The molecular formula is C20H19F3N4O3. The van der Waals surface area contributed by atoms with Crippen LogP contribution in [0.15, 0.2) is 42.6 Å². The van der Waals surface area contributed by atoms with Crippen LogP contribution in [-0.4, -0.2) is 45.9 Å². The van der Waals surface area contributed by atoms with Crippen molar-refractivity contribution in [3.8, 4) is 0 Å². The molecule has 2 aliphatic heterocycles. The van der Waals surface area contributed by atoms with Crippen LogP contribution < -0.4 is 10.2 Å². The summed E-state index contributed by atoms with van der Waals surface area (Å²) in [5, 5.41) is 2.88. The molecule has 2 saturated heterocycles. The Morgan fingerprint density at radius 2 is 1.93 bits per heavy atom. The number of piperidine rings is 1. The second kappa shape index (κ2) is 7.19. The minimum Gasteiger partial charge on any atom is -0.348 e. The van der Waals surface area contributed by atoms with Crippen LogP contribution in [0.25, 0.3) is 0 Å². The van der Waals surface area contributed by atoms with Crippen molar-refractivity contribution >= 4 is 23.5 Å². The van der Waals surface area contributed by atoms with Crippen molar-refractivity contribution in [2.75, 3.05) is 11.4 Å². The summed E-state index contributed by atoms with van der Waals surface area (Å²) >= 11 is 0. The molecule has 0 saturated carbocycles. The Labute approximate surface area is 170 Å². The van der Waals surface area contributed by atoms with Gasteiger partial charge in [-0.25, -0.2) is 9.69 Å². The lowest BCUT2D eigenvalue weighted by atomic mass is 9.97. The molecule has 1 aromatic heterocycles. The number of nitrogens with zero attached hydrogens (tertiary/aromatic N) is 3. The van der Waals surface area contributed by atoms with Gasteiger partial charge in [0.05, 0.1) is 11.3 Å². The highest BCUT2D eigenvalue weighted by atomic mass is 19.4. The van der Waals surface area contributed by atoms with E-state index in [1.165, 1.54) is 17.0 Å². The van der Waals surface area contributed by atoms with Crippen LogP contribution >= 0.6 is 0 Å². The van der Waals surface area contributed by atoms with Crippen molar-refractivity contribution in [1.29, 1.82) is 0 Å². The van der Waals surface area contributed by atoms with E-state index in [4.69, 9.17) is 0 Å². The maximum Gasteiger partial charge on any atom is 0.416 e. The third kappa shape index (κ3) is 3.42. The lowest BCUT2D eigenvalue weighted by Crippen LogP contribution is -2.50. The van der Waals surface area contributed by atoms with Crippen LogP contribution in [0.4, 0.5) is 23.7 Å². The minimum atomic E-state index is -4.58. The first-order valence-electron chi connectivity index (χ1n) is 9.41. The summed E-state index contributed by atoms with van der Waals surface area (Å²) in [5.41, 5.74) is -0.575. The molecule has 2 atom stereocenters. The molecule has 4 amide bonds. The fourth-order valence-corrected chi connectivity index (χ4v) is 3.95. The Hall–Kier alpha value is -3.30. The summed E-state index contributed by atoms with van der Waals surface area (Å²) in [6, 6.07) is 5.77. The summed E-state index contributed by atoms with van der Waals surface area (Å²) < 4.78 is 40.7. The molecule has 0 spiro atoms. The van der Waals surface area contributed by atoms with Crippen LogP contribution in [0.1, 0.15) is 28.9 Å². The molecule has 158 valence electrons. The van der Waals surface area contributed by atoms with Crippen molar-refractivity contribution in [2.24, 2.45) is 7.05 Å². The van der Waals surface area contributed by atoms with Crippen LogP contribution in [-0.2, 0) is 18.0 Å². The number of anilines is 1. The Kier molecular flexibility index (Phi) is 4.79. The van der Waals surface area contributed by atoms with E-state index >= 15 is 0 Å². The number of rotatable bonds is 3. The maximum absolute atomic E-state index is 13.0. The van der Waals surface area contributed by atoms with Crippen molar-refractivity contribution in [1.82, 2.24) is 14.8 Å². The maximum atomic E-state index is 13.0. The Morgan fingerprint density at radius 3 is 2.60 bits per heavy atom. The number of carbonyl (C=O) groups is 3. The zero-order valence-corrected chi connectivity index (χ0v) is 16.0. The van der Waals surface area contributed by atoms with Gasteiger partial charge in [-0.15, -0.1) is 0 Å². The van der Waals surface area contributed by atoms with Gasteiger partial charge in [-0.1, -0.05) is 6.07 Å². The molecule has 0 radical (unpaired) electrons. The molecule has 1 aromatic carbocycles. The van der Waals surface area contributed by atoms with E-state index in [0.717, 1.165) is 17.0 Å². The smallest absolute Gasteiger partial charge is 0.348 e. The zero-order valence-electron chi connectivity index (χ0n) is 16.0. The van der Waals surface area contributed by atoms with Gasteiger partial charge in [-0.3, -0.25) is 9.59 Å². The molecule has 4 rings (SSSR count).